The van der Waals surface area contributed by atoms with Crippen LogP contribution in [0, 0.1) is 18.6 Å². The fourth-order valence-electron chi connectivity index (χ4n) is 4.29. The molecule has 0 spiro atoms. The Kier molecular flexibility index (Phi) is 10.9. The second-order valence-corrected chi connectivity index (χ2v) is 9.21. The minimum Gasteiger partial charge on any atom is -0.377 e. The third-order valence-corrected chi connectivity index (χ3v) is 6.22. The van der Waals surface area contributed by atoms with E-state index in [1.54, 1.807) is 6.92 Å². The Morgan fingerprint density at radius 3 is 2.49 bits per heavy atom. The predicted molar refractivity (Wildman–Crippen MR) is 131 cm³/mol. The van der Waals surface area contributed by atoms with Gasteiger partial charge in [-0.25, -0.2) is 17.6 Å². The molecular formula is C27H33F4N3O3. The molecule has 202 valence electrons. The average molecular weight is 524 g/mol. The largest absolute Gasteiger partial charge is 0.377 e. The van der Waals surface area contributed by atoms with E-state index in [1.807, 2.05) is 30.3 Å². The van der Waals surface area contributed by atoms with Crippen molar-refractivity contribution in [3.8, 4) is 0 Å². The van der Waals surface area contributed by atoms with Crippen LogP contribution in [-0.2, 0) is 27.2 Å². The molecule has 37 heavy (non-hydrogen) atoms. The highest BCUT2D eigenvalue weighted by molar-refractivity contribution is 5.90. The molecule has 1 aliphatic heterocycles. The summed E-state index contributed by atoms with van der Waals surface area (Å²) < 4.78 is 60.0. The molecule has 1 saturated heterocycles. The van der Waals surface area contributed by atoms with Crippen molar-refractivity contribution in [3.63, 3.8) is 0 Å². The van der Waals surface area contributed by atoms with Crippen LogP contribution in [-0.4, -0.2) is 56.1 Å². The molecule has 0 aromatic heterocycles. The summed E-state index contributed by atoms with van der Waals surface area (Å²) in [4.78, 5) is 25.2. The van der Waals surface area contributed by atoms with E-state index in [9.17, 15) is 27.2 Å². The molecule has 0 saturated carbocycles. The van der Waals surface area contributed by atoms with Crippen LogP contribution in [0.15, 0.2) is 42.5 Å². The van der Waals surface area contributed by atoms with Crippen molar-refractivity contribution < 1.29 is 31.9 Å². The Hall–Kier alpha value is -2.98. The number of nitrogens with one attached hydrogen (secondary N) is 3. The monoisotopic (exact) mass is 523 g/mol. The smallest absolute Gasteiger partial charge is 0.242 e. The van der Waals surface area contributed by atoms with Crippen LogP contribution in [0.2, 0.25) is 0 Å². The summed E-state index contributed by atoms with van der Waals surface area (Å²) in [5.41, 5.74) is 1.43. The number of amides is 2. The lowest BCUT2D eigenvalue weighted by atomic mass is 10.1. The number of halogens is 4. The van der Waals surface area contributed by atoms with Crippen LogP contribution >= 0.6 is 0 Å². The SMILES string of the molecule is Cc1cc(F)c(CCNC(=O)[C@H](CC(F)F)NC(=O)C2C[C@@H](OCCCc3ccccc3)CN2)c(F)c1. The number of carbonyl (C=O) groups is 2. The number of benzene rings is 2. The molecule has 10 heteroatoms. The van der Waals surface area contributed by atoms with E-state index < -0.39 is 48.4 Å². The molecule has 1 heterocycles. The molecule has 1 fully saturated rings. The minimum atomic E-state index is -2.83. The zero-order chi connectivity index (χ0) is 26.8. The molecule has 6 nitrogen and oxygen atoms in total. The molecule has 3 N–H and O–H groups in total. The summed E-state index contributed by atoms with van der Waals surface area (Å²) in [6.07, 6.45) is -2.02. The zero-order valence-corrected chi connectivity index (χ0v) is 20.7. The normalized spacial score (nSPS) is 18.1. The van der Waals surface area contributed by atoms with E-state index in [0.29, 0.717) is 25.1 Å². The number of hydrogen-bond donors (Lipinski definition) is 3. The first-order chi connectivity index (χ1) is 17.7. The fourth-order valence-corrected chi connectivity index (χ4v) is 4.29. The summed E-state index contributed by atoms with van der Waals surface area (Å²) in [7, 11) is 0. The molecule has 2 aromatic rings. The van der Waals surface area contributed by atoms with Gasteiger partial charge in [-0.05, 0) is 55.9 Å². The standard InChI is InChI=1S/C27H33F4N3O3/c1-17-12-21(28)20(22(29)13-17)9-10-32-26(35)24(15-25(30)31)34-27(36)23-14-19(16-33-23)37-11-5-8-18-6-3-2-4-7-18/h2-4,6-7,12-13,19,23-25,33H,5,8-11,14-16H2,1H3,(H,32,35)(H,34,36)/t19-,23?,24+/m1/s1. The van der Waals surface area contributed by atoms with E-state index in [1.165, 1.54) is 17.7 Å². The van der Waals surface area contributed by atoms with Crippen molar-refractivity contribution in [3.05, 3.63) is 70.8 Å². The van der Waals surface area contributed by atoms with Gasteiger partial charge in [0.25, 0.3) is 0 Å². The Morgan fingerprint density at radius 2 is 1.81 bits per heavy atom. The molecule has 0 aliphatic carbocycles. The quantitative estimate of drug-likeness (QED) is 0.278. The van der Waals surface area contributed by atoms with E-state index in [2.05, 4.69) is 16.0 Å². The lowest BCUT2D eigenvalue weighted by Gasteiger charge is -2.20. The number of carbonyl (C=O) groups excluding carboxylic acids is 2. The third-order valence-electron chi connectivity index (χ3n) is 6.22. The van der Waals surface area contributed by atoms with Gasteiger partial charge < -0.3 is 20.7 Å². The molecule has 1 unspecified atom stereocenters. The van der Waals surface area contributed by atoms with Gasteiger partial charge in [-0.2, -0.15) is 0 Å². The Balaban J connectivity index is 1.43. The summed E-state index contributed by atoms with van der Waals surface area (Å²) >= 11 is 0. The lowest BCUT2D eigenvalue weighted by molar-refractivity contribution is -0.130. The highest BCUT2D eigenvalue weighted by Gasteiger charge is 2.33. The van der Waals surface area contributed by atoms with Gasteiger partial charge in [-0.15, -0.1) is 0 Å². The van der Waals surface area contributed by atoms with Gasteiger partial charge in [0, 0.05) is 31.7 Å². The number of ether oxygens (including phenoxy) is 1. The topological polar surface area (TPSA) is 79.5 Å². The molecule has 2 amide bonds. The molecule has 1 aliphatic rings. The van der Waals surface area contributed by atoms with Crippen LogP contribution in [0.4, 0.5) is 17.6 Å². The number of aryl methyl sites for hydroxylation is 2. The van der Waals surface area contributed by atoms with Crippen LogP contribution in [0.5, 0.6) is 0 Å². The maximum atomic E-state index is 14.0. The summed E-state index contributed by atoms with van der Waals surface area (Å²) in [5.74, 6) is -2.90. The van der Waals surface area contributed by atoms with Crippen molar-refractivity contribution in [1.29, 1.82) is 0 Å². The van der Waals surface area contributed by atoms with Gasteiger partial charge in [-0.3, -0.25) is 9.59 Å². The minimum absolute atomic E-state index is 0.160. The van der Waals surface area contributed by atoms with E-state index in [-0.39, 0.29) is 24.6 Å². The Bertz CT molecular complexity index is 1020. The van der Waals surface area contributed by atoms with Gasteiger partial charge in [0.2, 0.25) is 18.2 Å². The second-order valence-electron chi connectivity index (χ2n) is 9.21. The van der Waals surface area contributed by atoms with Crippen molar-refractivity contribution in [1.82, 2.24) is 16.0 Å². The van der Waals surface area contributed by atoms with Crippen LogP contribution in [0.3, 0.4) is 0 Å². The van der Waals surface area contributed by atoms with E-state index in [4.69, 9.17) is 4.74 Å². The van der Waals surface area contributed by atoms with E-state index >= 15 is 0 Å². The maximum absolute atomic E-state index is 14.0. The van der Waals surface area contributed by atoms with Crippen LogP contribution < -0.4 is 16.0 Å². The third kappa shape index (κ3) is 9.12. The summed E-state index contributed by atoms with van der Waals surface area (Å²) in [5, 5.41) is 7.78. The first kappa shape index (κ1) is 28.6. The average Bonchev–Trinajstić information content (AvgIpc) is 3.32. The van der Waals surface area contributed by atoms with Crippen LogP contribution in [0.1, 0.15) is 36.0 Å². The molecule has 0 bridgehead atoms. The molecule has 0 radical (unpaired) electrons. The van der Waals surface area contributed by atoms with E-state index in [0.717, 1.165) is 12.8 Å². The van der Waals surface area contributed by atoms with Gasteiger partial charge in [0.05, 0.1) is 12.1 Å². The number of alkyl halides is 2. The van der Waals surface area contributed by atoms with Crippen molar-refractivity contribution in [2.45, 2.75) is 63.6 Å². The summed E-state index contributed by atoms with van der Waals surface area (Å²) in [6.45, 7) is 2.33. The highest BCUT2D eigenvalue weighted by atomic mass is 19.3. The second kappa shape index (κ2) is 14.1. The summed E-state index contributed by atoms with van der Waals surface area (Å²) in [6, 6.07) is 10.2. The predicted octanol–water partition coefficient (Wildman–Crippen LogP) is 3.45. The first-order valence-corrected chi connectivity index (χ1v) is 12.4. The highest BCUT2D eigenvalue weighted by Crippen LogP contribution is 2.16. The van der Waals surface area contributed by atoms with Gasteiger partial charge in [0.15, 0.2) is 0 Å². The van der Waals surface area contributed by atoms with Crippen molar-refractivity contribution in [2.24, 2.45) is 0 Å². The van der Waals surface area contributed by atoms with Gasteiger partial charge >= 0.3 is 0 Å². The molecular weight excluding hydrogens is 490 g/mol. The van der Waals surface area contributed by atoms with Gasteiger partial charge in [0.1, 0.15) is 17.7 Å². The Labute approximate surface area is 214 Å². The van der Waals surface area contributed by atoms with Crippen LogP contribution in [0.25, 0.3) is 0 Å². The maximum Gasteiger partial charge on any atom is 0.242 e. The number of hydrogen-bond acceptors (Lipinski definition) is 4. The molecule has 2 aromatic carbocycles. The molecule has 3 atom stereocenters. The lowest BCUT2D eigenvalue weighted by Crippen LogP contribution is -2.52. The van der Waals surface area contributed by atoms with Crippen molar-refractivity contribution in [2.75, 3.05) is 19.7 Å². The zero-order valence-electron chi connectivity index (χ0n) is 20.7. The number of rotatable bonds is 13. The van der Waals surface area contributed by atoms with Gasteiger partial charge in [-0.1, -0.05) is 30.3 Å². The van der Waals surface area contributed by atoms with Crippen molar-refractivity contribution >= 4 is 11.8 Å². The fraction of sp³-hybridized carbons (Fsp3) is 0.481. The molecule has 3 rings (SSSR count). The Morgan fingerprint density at radius 1 is 1.11 bits per heavy atom. The first-order valence-electron chi connectivity index (χ1n) is 12.4.